The summed E-state index contributed by atoms with van der Waals surface area (Å²) in [5.41, 5.74) is 1.24. The lowest BCUT2D eigenvalue weighted by atomic mass is 10.1. The molecule has 2 rings (SSSR count). The third-order valence-electron chi connectivity index (χ3n) is 4.79. The lowest BCUT2D eigenvalue weighted by molar-refractivity contribution is 0.111. The van der Waals surface area contributed by atoms with Crippen molar-refractivity contribution in [1.82, 2.24) is 15.5 Å². The maximum absolute atomic E-state index is 11.6. The van der Waals surface area contributed by atoms with Gasteiger partial charge in [0.05, 0.1) is 13.7 Å². The van der Waals surface area contributed by atoms with Gasteiger partial charge in [-0.05, 0) is 49.8 Å². The van der Waals surface area contributed by atoms with Crippen LogP contribution < -0.4 is 15.4 Å². The van der Waals surface area contributed by atoms with Crippen LogP contribution in [0.3, 0.4) is 0 Å². The van der Waals surface area contributed by atoms with Crippen molar-refractivity contribution in [2.45, 2.75) is 46.1 Å². The first kappa shape index (κ1) is 22.8. The van der Waals surface area contributed by atoms with Crippen LogP contribution in [0.5, 0.6) is 5.75 Å². The van der Waals surface area contributed by atoms with Crippen LogP contribution in [0, 0.1) is 5.92 Å². The number of nitrogens with zero attached hydrogens (tertiary/aromatic N) is 2. The van der Waals surface area contributed by atoms with Crippen LogP contribution in [0.25, 0.3) is 0 Å². The number of likely N-dealkylation sites (tertiary alicyclic amines) is 1. The van der Waals surface area contributed by atoms with Crippen LogP contribution in [0.4, 0.5) is 4.79 Å². The van der Waals surface area contributed by atoms with Crippen LogP contribution in [0.15, 0.2) is 29.3 Å². The first-order valence-corrected chi connectivity index (χ1v) is 10.6. The fourth-order valence-electron chi connectivity index (χ4n) is 3.16. The van der Waals surface area contributed by atoms with Crippen molar-refractivity contribution < 1.29 is 14.3 Å². The molecule has 29 heavy (non-hydrogen) atoms. The molecule has 162 valence electrons. The van der Waals surface area contributed by atoms with E-state index < -0.39 is 0 Å². The van der Waals surface area contributed by atoms with E-state index in [1.165, 1.54) is 12.7 Å². The average molecular weight is 405 g/mol. The van der Waals surface area contributed by atoms with Crippen LogP contribution >= 0.6 is 0 Å². The average Bonchev–Trinajstić information content (AvgIpc) is 2.73. The molecule has 1 aliphatic heterocycles. The molecule has 1 fully saturated rings. The number of hydrogen-bond acceptors (Lipinski definition) is 4. The second kappa shape index (κ2) is 12.2. The highest BCUT2D eigenvalue weighted by Crippen LogP contribution is 2.14. The lowest BCUT2D eigenvalue weighted by Gasteiger charge is -2.32. The molecule has 0 unspecified atom stereocenters. The van der Waals surface area contributed by atoms with E-state index >= 15 is 0 Å². The van der Waals surface area contributed by atoms with Crippen molar-refractivity contribution >= 4 is 12.1 Å². The first-order valence-electron chi connectivity index (χ1n) is 10.6. The van der Waals surface area contributed by atoms with E-state index in [4.69, 9.17) is 14.5 Å². The lowest BCUT2D eigenvalue weighted by Crippen LogP contribution is -2.49. The van der Waals surface area contributed by atoms with Crippen molar-refractivity contribution in [3.63, 3.8) is 0 Å². The van der Waals surface area contributed by atoms with E-state index in [9.17, 15) is 4.79 Å². The molecule has 0 atom stereocenters. The fourth-order valence-corrected chi connectivity index (χ4v) is 3.16. The number of benzene rings is 1. The summed E-state index contributed by atoms with van der Waals surface area (Å²) < 4.78 is 10.5. The van der Waals surface area contributed by atoms with E-state index in [0.29, 0.717) is 31.6 Å². The molecule has 2 N–H and O–H groups in total. The number of carbonyl (C=O) groups is 1. The van der Waals surface area contributed by atoms with Crippen LogP contribution in [-0.2, 0) is 11.2 Å². The summed E-state index contributed by atoms with van der Waals surface area (Å²) in [6.07, 6.45) is 2.40. The molecule has 1 aliphatic rings. The standard InChI is InChI=1S/C22H36N4O3/c1-5-23-21(25-19-11-14-26(15-12-19)22(27)28-4)24-13-10-18-6-8-20(9-7-18)29-16-17(2)3/h6-9,17,19H,5,10-16H2,1-4H3,(H2,23,24,25). The number of guanidine groups is 1. The molecule has 0 aliphatic carbocycles. The second-order valence-corrected chi connectivity index (χ2v) is 7.74. The highest BCUT2D eigenvalue weighted by molar-refractivity contribution is 5.80. The number of nitrogens with one attached hydrogen (secondary N) is 2. The SMILES string of the molecule is CCNC(=NCCc1ccc(OCC(C)C)cc1)NC1CCN(C(=O)OC)CC1. The number of amides is 1. The van der Waals surface area contributed by atoms with Crippen molar-refractivity contribution in [3.05, 3.63) is 29.8 Å². The van der Waals surface area contributed by atoms with E-state index in [2.05, 4.69) is 43.5 Å². The van der Waals surface area contributed by atoms with Crippen molar-refractivity contribution in [2.75, 3.05) is 39.9 Å². The maximum atomic E-state index is 11.6. The Bertz CT molecular complexity index is 638. The number of rotatable bonds is 8. The Hall–Kier alpha value is -2.44. The van der Waals surface area contributed by atoms with Crippen LogP contribution in [0.2, 0.25) is 0 Å². The summed E-state index contributed by atoms with van der Waals surface area (Å²) in [6, 6.07) is 8.58. The smallest absolute Gasteiger partial charge is 0.409 e. The number of piperidine rings is 1. The Morgan fingerprint density at radius 2 is 1.93 bits per heavy atom. The number of aliphatic imine (C=N–C) groups is 1. The van der Waals surface area contributed by atoms with Gasteiger partial charge in [-0.15, -0.1) is 0 Å². The fraction of sp³-hybridized carbons (Fsp3) is 0.636. The van der Waals surface area contributed by atoms with Gasteiger partial charge in [-0.25, -0.2) is 4.79 Å². The molecule has 1 amide bonds. The highest BCUT2D eigenvalue weighted by atomic mass is 16.5. The maximum Gasteiger partial charge on any atom is 0.409 e. The zero-order valence-corrected chi connectivity index (χ0v) is 18.2. The molecular weight excluding hydrogens is 368 g/mol. The Morgan fingerprint density at radius 3 is 2.52 bits per heavy atom. The van der Waals surface area contributed by atoms with E-state index in [-0.39, 0.29) is 6.09 Å². The molecule has 7 nitrogen and oxygen atoms in total. The van der Waals surface area contributed by atoms with Gasteiger partial charge in [0, 0.05) is 32.2 Å². The first-order chi connectivity index (χ1) is 14.0. The molecule has 0 bridgehead atoms. The zero-order chi connectivity index (χ0) is 21.1. The molecular formula is C22H36N4O3. The van der Waals surface area contributed by atoms with Gasteiger partial charge >= 0.3 is 6.09 Å². The number of carbonyl (C=O) groups excluding carboxylic acids is 1. The topological polar surface area (TPSA) is 75.2 Å². The monoisotopic (exact) mass is 404 g/mol. The van der Waals surface area contributed by atoms with Crippen molar-refractivity contribution in [3.8, 4) is 5.75 Å². The minimum absolute atomic E-state index is 0.246. The minimum Gasteiger partial charge on any atom is -0.493 e. The largest absolute Gasteiger partial charge is 0.493 e. The van der Waals surface area contributed by atoms with Gasteiger partial charge in [-0.1, -0.05) is 26.0 Å². The Labute approximate surface area is 174 Å². The molecule has 1 saturated heterocycles. The minimum atomic E-state index is -0.246. The summed E-state index contributed by atoms with van der Waals surface area (Å²) >= 11 is 0. The predicted octanol–water partition coefficient (Wildman–Crippen LogP) is 3.05. The summed E-state index contributed by atoms with van der Waals surface area (Å²) in [5, 5.41) is 6.81. The van der Waals surface area contributed by atoms with Crippen LogP contribution in [0.1, 0.15) is 39.2 Å². The van der Waals surface area contributed by atoms with Gasteiger partial charge in [0.1, 0.15) is 5.75 Å². The predicted molar refractivity (Wildman–Crippen MR) is 117 cm³/mol. The molecule has 1 aromatic carbocycles. The zero-order valence-electron chi connectivity index (χ0n) is 18.2. The normalized spacial score (nSPS) is 15.3. The third-order valence-corrected chi connectivity index (χ3v) is 4.79. The van der Waals surface area contributed by atoms with Crippen LogP contribution in [-0.4, -0.2) is 62.9 Å². The Morgan fingerprint density at radius 1 is 1.24 bits per heavy atom. The van der Waals surface area contributed by atoms with E-state index in [1.807, 2.05) is 12.1 Å². The molecule has 0 aromatic heterocycles. The summed E-state index contributed by atoms with van der Waals surface area (Å²) in [6.45, 7) is 10.0. The summed E-state index contributed by atoms with van der Waals surface area (Å²) in [7, 11) is 1.43. The molecule has 0 saturated carbocycles. The summed E-state index contributed by atoms with van der Waals surface area (Å²) in [4.78, 5) is 18.1. The van der Waals surface area contributed by atoms with Crippen molar-refractivity contribution in [2.24, 2.45) is 10.9 Å². The van der Waals surface area contributed by atoms with Gasteiger partial charge in [-0.3, -0.25) is 4.99 Å². The second-order valence-electron chi connectivity index (χ2n) is 7.74. The van der Waals surface area contributed by atoms with E-state index in [0.717, 1.165) is 44.1 Å². The Balaban J connectivity index is 1.79. The molecule has 0 spiro atoms. The molecule has 0 radical (unpaired) electrons. The molecule has 7 heteroatoms. The highest BCUT2D eigenvalue weighted by Gasteiger charge is 2.23. The third kappa shape index (κ3) is 8.21. The van der Waals surface area contributed by atoms with Gasteiger partial charge in [-0.2, -0.15) is 0 Å². The van der Waals surface area contributed by atoms with Gasteiger partial charge < -0.3 is 25.0 Å². The molecule has 1 heterocycles. The molecule has 1 aromatic rings. The summed E-state index contributed by atoms with van der Waals surface area (Å²) in [5.74, 6) is 2.27. The number of hydrogen-bond donors (Lipinski definition) is 2. The number of ether oxygens (including phenoxy) is 2. The quantitative estimate of drug-likeness (QED) is 0.515. The van der Waals surface area contributed by atoms with Gasteiger partial charge in [0.25, 0.3) is 0 Å². The van der Waals surface area contributed by atoms with E-state index in [1.54, 1.807) is 4.90 Å². The number of methoxy groups -OCH3 is 1. The van der Waals surface area contributed by atoms with Gasteiger partial charge in [0.2, 0.25) is 0 Å². The van der Waals surface area contributed by atoms with Gasteiger partial charge in [0.15, 0.2) is 5.96 Å². The Kier molecular flexibility index (Phi) is 9.60. The van der Waals surface area contributed by atoms with Crippen molar-refractivity contribution in [1.29, 1.82) is 0 Å².